The number of hydrogen-bond acceptors (Lipinski definition) is 3. The zero-order valence-corrected chi connectivity index (χ0v) is 27.9. The van der Waals surface area contributed by atoms with Crippen LogP contribution in [0, 0.1) is 0 Å². The molecule has 10 rings (SSSR count). The quantitative estimate of drug-likeness (QED) is 0.207. The SMILES string of the molecule is CC1(C)c2cc(-c3cccc(C4=C5Oc6ccccc6C5NC(c5ccccc5)=N4)c3)ccc2-c2c1cc1ccccc1c2-c1ccccc1. The lowest BCUT2D eigenvalue weighted by atomic mass is 9.80. The van der Waals surface area contributed by atoms with Gasteiger partial charge in [0, 0.05) is 22.1 Å². The number of fused-ring (bicyclic) bond motifs is 7. The van der Waals surface area contributed by atoms with Gasteiger partial charge in [0.25, 0.3) is 0 Å². The Hall–Kier alpha value is -6.19. The zero-order chi connectivity index (χ0) is 33.4. The third kappa shape index (κ3) is 4.33. The molecule has 0 saturated heterocycles. The minimum absolute atomic E-state index is 0.105. The standard InChI is InChI=1S/C47H34N2O/c1-47(2)38-27-32(24-25-36(38)42-39(47)28-33-18-9-10-21-35(33)41(42)29-14-5-3-6-15-29)31-19-13-20-34(26-31)43-45-44(37-22-11-12-23-40(37)50-45)49-46(48-43)30-16-7-4-8-17-30/h3-28,44H,1-2H3,(H,48,49). The van der Waals surface area contributed by atoms with Gasteiger partial charge in [-0.1, -0.05) is 147 Å². The minimum Gasteiger partial charge on any atom is -0.456 e. The van der Waals surface area contributed by atoms with Gasteiger partial charge in [-0.15, -0.1) is 0 Å². The summed E-state index contributed by atoms with van der Waals surface area (Å²) in [4.78, 5) is 5.22. The summed E-state index contributed by atoms with van der Waals surface area (Å²) in [5.74, 6) is 2.56. The topological polar surface area (TPSA) is 33.6 Å². The predicted molar refractivity (Wildman–Crippen MR) is 205 cm³/mol. The van der Waals surface area contributed by atoms with Crippen LogP contribution in [-0.4, -0.2) is 5.84 Å². The van der Waals surface area contributed by atoms with E-state index in [0.717, 1.165) is 45.3 Å². The number of ether oxygens (including phenoxy) is 1. The Morgan fingerprint density at radius 1 is 0.560 bits per heavy atom. The molecule has 0 aromatic heterocycles. The summed E-state index contributed by atoms with van der Waals surface area (Å²) < 4.78 is 6.52. The third-order valence-electron chi connectivity index (χ3n) is 10.7. The van der Waals surface area contributed by atoms with Gasteiger partial charge in [0.05, 0.1) is 0 Å². The van der Waals surface area contributed by atoms with E-state index in [1.54, 1.807) is 0 Å². The summed E-state index contributed by atoms with van der Waals surface area (Å²) in [6.45, 7) is 4.75. The predicted octanol–water partition coefficient (Wildman–Crippen LogP) is 11.3. The van der Waals surface area contributed by atoms with Crippen LogP contribution in [-0.2, 0) is 5.41 Å². The molecule has 0 spiro atoms. The van der Waals surface area contributed by atoms with Gasteiger partial charge >= 0.3 is 0 Å². The van der Waals surface area contributed by atoms with E-state index in [9.17, 15) is 0 Å². The summed E-state index contributed by atoms with van der Waals surface area (Å²) in [6, 6.07) is 56.4. The molecule has 3 nitrogen and oxygen atoms in total. The molecule has 1 atom stereocenters. The molecule has 1 unspecified atom stereocenters. The van der Waals surface area contributed by atoms with Gasteiger partial charge in [0.15, 0.2) is 5.76 Å². The molecular formula is C47H34N2O. The number of rotatable bonds is 4. The normalized spacial score (nSPS) is 16.5. The molecule has 0 radical (unpaired) electrons. The number of para-hydroxylation sites is 1. The van der Waals surface area contributed by atoms with Crippen LogP contribution < -0.4 is 10.1 Å². The van der Waals surface area contributed by atoms with E-state index in [2.05, 4.69) is 159 Å². The van der Waals surface area contributed by atoms with Gasteiger partial charge in [-0.3, -0.25) is 0 Å². The molecule has 0 amide bonds. The van der Waals surface area contributed by atoms with Crippen LogP contribution in [0.4, 0.5) is 0 Å². The van der Waals surface area contributed by atoms with Crippen molar-refractivity contribution in [2.75, 3.05) is 0 Å². The fourth-order valence-corrected chi connectivity index (χ4v) is 8.22. The Labute approximate surface area is 292 Å². The van der Waals surface area contributed by atoms with E-state index in [0.29, 0.717) is 0 Å². The van der Waals surface area contributed by atoms with Gasteiger partial charge in [0.1, 0.15) is 23.3 Å². The zero-order valence-electron chi connectivity index (χ0n) is 27.9. The van der Waals surface area contributed by atoms with Crippen LogP contribution in [0.15, 0.2) is 168 Å². The Balaban J connectivity index is 1.11. The van der Waals surface area contributed by atoms with Crippen LogP contribution in [0.2, 0.25) is 0 Å². The second-order valence-electron chi connectivity index (χ2n) is 14.0. The van der Waals surface area contributed by atoms with Gasteiger partial charge < -0.3 is 10.1 Å². The van der Waals surface area contributed by atoms with E-state index in [4.69, 9.17) is 9.73 Å². The molecule has 2 heterocycles. The highest BCUT2D eigenvalue weighted by Gasteiger charge is 2.39. The summed E-state index contributed by atoms with van der Waals surface area (Å²) in [6.07, 6.45) is 0. The van der Waals surface area contributed by atoms with E-state index < -0.39 is 0 Å². The van der Waals surface area contributed by atoms with E-state index in [1.807, 2.05) is 18.2 Å². The van der Waals surface area contributed by atoms with E-state index >= 15 is 0 Å². The Morgan fingerprint density at radius 2 is 1.24 bits per heavy atom. The number of nitrogens with zero attached hydrogens (tertiary/aromatic N) is 1. The molecule has 238 valence electrons. The van der Waals surface area contributed by atoms with Crippen molar-refractivity contribution in [1.82, 2.24) is 5.32 Å². The number of aliphatic imine (C=N–C) groups is 1. The first-order chi connectivity index (χ1) is 24.5. The molecule has 1 aliphatic carbocycles. The Kier molecular flexibility index (Phi) is 6.28. The molecule has 1 N–H and O–H groups in total. The number of hydrogen-bond donors (Lipinski definition) is 1. The first-order valence-corrected chi connectivity index (χ1v) is 17.3. The van der Waals surface area contributed by atoms with Crippen molar-refractivity contribution >= 4 is 22.3 Å². The fraction of sp³-hybridized carbons (Fsp3) is 0.0851. The van der Waals surface area contributed by atoms with Crippen molar-refractivity contribution in [2.45, 2.75) is 25.3 Å². The van der Waals surface area contributed by atoms with Gasteiger partial charge in [0.2, 0.25) is 0 Å². The fourth-order valence-electron chi connectivity index (χ4n) is 8.22. The van der Waals surface area contributed by atoms with Crippen molar-refractivity contribution < 1.29 is 4.74 Å². The molecule has 3 aliphatic rings. The van der Waals surface area contributed by atoms with E-state index in [1.165, 1.54) is 49.7 Å². The molecular weight excluding hydrogens is 609 g/mol. The van der Waals surface area contributed by atoms with Crippen LogP contribution in [0.5, 0.6) is 5.75 Å². The number of nitrogens with one attached hydrogen (secondary N) is 1. The molecule has 0 fully saturated rings. The van der Waals surface area contributed by atoms with Crippen LogP contribution in [0.25, 0.3) is 49.9 Å². The molecule has 7 aromatic rings. The maximum Gasteiger partial charge on any atom is 0.157 e. The van der Waals surface area contributed by atoms with Gasteiger partial charge in [-0.25, -0.2) is 4.99 Å². The molecule has 0 bridgehead atoms. The van der Waals surface area contributed by atoms with Crippen molar-refractivity contribution in [3.05, 3.63) is 191 Å². The third-order valence-corrected chi connectivity index (χ3v) is 10.7. The smallest absolute Gasteiger partial charge is 0.157 e. The second-order valence-corrected chi connectivity index (χ2v) is 14.0. The van der Waals surface area contributed by atoms with Crippen LogP contribution in [0.1, 0.15) is 47.7 Å². The highest BCUT2D eigenvalue weighted by molar-refractivity contribution is 6.08. The van der Waals surface area contributed by atoms with Crippen molar-refractivity contribution in [2.24, 2.45) is 4.99 Å². The lowest BCUT2D eigenvalue weighted by Gasteiger charge is -2.24. The molecule has 2 aliphatic heterocycles. The number of benzene rings is 7. The molecule has 50 heavy (non-hydrogen) atoms. The van der Waals surface area contributed by atoms with Crippen LogP contribution >= 0.6 is 0 Å². The lowest BCUT2D eigenvalue weighted by Crippen LogP contribution is -2.33. The lowest BCUT2D eigenvalue weighted by molar-refractivity contribution is 0.420. The van der Waals surface area contributed by atoms with Gasteiger partial charge in [-0.05, 0) is 79.5 Å². The summed E-state index contributed by atoms with van der Waals surface area (Å²) in [5, 5.41) is 6.24. The molecule has 3 heteroatoms. The van der Waals surface area contributed by atoms with Crippen molar-refractivity contribution in [1.29, 1.82) is 0 Å². The summed E-state index contributed by atoms with van der Waals surface area (Å²) in [5.41, 5.74) is 14.2. The average molecular weight is 643 g/mol. The number of amidine groups is 1. The van der Waals surface area contributed by atoms with E-state index in [-0.39, 0.29) is 11.5 Å². The summed E-state index contributed by atoms with van der Waals surface area (Å²) >= 11 is 0. The second kappa shape index (κ2) is 10.9. The summed E-state index contributed by atoms with van der Waals surface area (Å²) in [7, 11) is 0. The highest BCUT2D eigenvalue weighted by atomic mass is 16.5. The first kappa shape index (κ1) is 28.8. The minimum atomic E-state index is -0.170. The average Bonchev–Trinajstić information content (AvgIpc) is 3.66. The molecule has 0 saturated carbocycles. The monoisotopic (exact) mass is 642 g/mol. The largest absolute Gasteiger partial charge is 0.456 e. The Bertz CT molecular complexity index is 2560. The first-order valence-electron chi connectivity index (χ1n) is 17.3. The van der Waals surface area contributed by atoms with Gasteiger partial charge in [-0.2, -0.15) is 0 Å². The molecule has 7 aromatic carbocycles. The maximum absolute atomic E-state index is 6.52. The van der Waals surface area contributed by atoms with Crippen molar-refractivity contribution in [3.63, 3.8) is 0 Å². The van der Waals surface area contributed by atoms with Crippen LogP contribution in [0.3, 0.4) is 0 Å². The highest BCUT2D eigenvalue weighted by Crippen LogP contribution is 2.55. The maximum atomic E-state index is 6.52. The Morgan fingerprint density at radius 3 is 2.08 bits per heavy atom. The van der Waals surface area contributed by atoms with Crippen molar-refractivity contribution in [3.8, 4) is 39.1 Å².